The van der Waals surface area contributed by atoms with Crippen LogP contribution < -0.4 is 5.32 Å². The number of aliphatic hydroxyl groups is 1. The maximum absolute atomic E-state index is 8.46. The molecule has 0 bridgehead atoms. The van der Waals surface area contributed by atoms with Crippen molar-refractivity contribution in [3.05, 3.63) is 0 Å². The predicted octanol–water partition coefficient (Wildman–Crippen LogP) is -0.219. The Kier molecular flexibility index (Phi) is 8.65. The van der Waals surface area contributed by atoms with E-state index in [2.05, 4.69) is 5.32 Å². The normalized spacial score (nSPS) is 17.8. The van der Waals surface area contributed by atoms with Crippen molar-refractivity contribution >= 4 is 0 Å². The van der Waals surface area contributed by atoms with Gasteiger partial charge < -0.3 is 24.6 Å². The van der Waals surface area contributed by atoms with E-state index >= 15 is 0 Å². The molecule has 0 aromatic heterocycles. The fourth-order valence-electron chi connectivity index (χ4n) is 1.62. The van der Waals surface area contributed by atoms with Crippen LogP contribution >= 0.6 is 0 Å². The molecule has 0 aliphatic carbocycles. The Morgan fingerprint density at radius 2 is 1.56 bits per heavy atom. The molecule has 0 unspecified atom stereocenters. The molecule has 1 rings (SSSR count). The molecule has 16 heavy (non-hydrogen) atoms. The molecule has 0 radical (unpaired) electrons. The summed E-state index contributed by atoms with van der Waals surface area (Å²) in [5, 5.41) is 11.8. The Morgan fingerprint density at radius 3 is 2.25 bits per heavy atom. The molecule has 96 valence electrons. The highest BCUT2D eigenvalue weighted by Crippen LogP contribution is 2.06. The molecular formula is C11H23NO4. The van der Waals surface area contributed by atoms with E-state index in [1.165, 1.54) is 0 Å². The van der Waals surface area contributed by atoms with Crippen molar-refractivity contribution < 1.29 is 19.3 Å². The molecule has 5 heteroatoms. The predicted molar refractivity (Wildman–Crippen MR) is 60.6 cm³/mol. The van der Waals surface area contributed by atoms with Crippen molar-refractivity contribution in [2.24, 2.45) is 0 Å². The maximum Gasteiger partial charge on any atom is 0.0704 e. The number of rotatable bonds is 9. The van der Waals surface area contributed by atoms with Crippen molar-refractivity contribution in [1.29, 1.82) is 0 Å². The minimum absolute atomic E-state index is 0.0683. The molecule has 0 aromatic carbocycles. The van der Waals surface area contributed by atoms with Gasteiger partial charge in [-0.05, 0) is 25.9 Å². The number of hydrogen-bond acceptors (Lipinski definition) is 5. The van der Waals surface area contributed by atoms with Crippen LogP contribution in [0.4, 0.5) is 0 Å². The number of piperidine rings is 1. The molecule has 1 aliphatic rings. The van der Waals surface area contributed by atoms with Crippen LogP contribution in [0.1, 0.15) is 12.8 Å². The topological polar surface area (TPSA) is 60.0 Å². The zero-order valence-corrected chi connectivity index (χ0v) is 9.82. The third-order valence-corrected chi connectivity index (χ3v) is 2.48. The van der Waals surface area contributed by atoms with Crippen molar-refractivity contribution in [2.45, 2.75) is 18.9 Å². The van der Waals surface area contributed by atoms with E-state index in [1.807, 2.05) is 0 Å². The number of hydrogen-bond donors (Lipinski definition) is 2. The lowest BCUT2D eigenvalue weighted by Gasteiger charge is -2.22. The van der Waals surface area contributed by atoms with E-state index < -0.39 is 0 Å². The molecule has 5 nitrogen and oxygen atoms in total. The highest BCUT2D eigenvalue weighted by Gasteiger charge is 2.12. The smallest absolute Gasteiger partial charge is 0.0704 e. The molecule has 0 spiro atoms. The van der Waals surface area contributed by atoms with Gasteiger partial charge in [-0.2, -0.15) is 0 Å². The summed E-state index contributed by atoms with van der Waals surface area (Å²) in [5.41, 5.74) is 0. The van der Waals surface area contributed by atoms with Gasteiger partial charge >= 0.3 is 0 Å². The van der Waals surface area contributed by atoms with E-state index in [0.717, 1.165) is 25.9 Å². The zero-order valence-electron chi connectivity index (χ0n) is 9.82. The van der Waals surface area contributed by atoms with Gasteiger partial charge in [-0.3, -0.25) is 0 Å². The maximum atomic E-state index is 8.46. The first kappa shape index (κ1) is 13.9. The molecule has 1 heterocycles. The highest BCUT2D eigenvalue weighted by atomic mass is 16.5. The van der Waals surface area contributed by atoms with Crippen LogP contribution in [0.3, 0.4) is 0 Å². The fraction of sp³-hybridized carbons (Fsp3) is 1.00. The molecule has 0 amide bonds. The molecule has 1 aliphatic heterocycles. The third kappa shape index (κ3) is 7.14. The SMILES string of the molecule is OCCOCCOCCOC1CCNCC1. The van der Waals surface area contributed by atoms with Crippen molar-refractivity contribution in [3.8, 4) is 0 Å². The number of aliphatic hydroxyl groups excluding tert-OH is 1. The van der Waals surface area contributed by atoms with Gasteiger partial charge in [0.1, 0.15) is 0 Å². The molecule has 1 fully saturated rings. The lowest BCUT2D eigenvalue weighted by molar-refractivity contribution is -0.0220. The standard InChI is InChI=1S/C11H23NO4/c13-5-6-14-7-8-15-9-10-16-11-1-3-12-4-2-11/h11-13H,1-10H2. The van der Waals surface area contributed by atoms with Gasteiger partial charge in [0.15, 0.2) is 0 Å². The van der Waals surface area contributed by atoms with Crippen molar-refractivity contribution in [2.75, 3.05) is 52.7 Å². The molecule has 2 N–H and O–H groups in total. The molecular weight excluding hydrogens is 210 g/mol. The summed E-state index contributed by atoms with van der Waals surface area (Å²) >= 11 is 0. The summed E-state index contributed by atoms with van der Waals surface area (Å²) in [4.78, 5) is 0. The first-order chi connectivity index (χ1) is 7.93. The Labute approximate surface area is 97.1 Å². The second kappa shape index (κ2) is 9.99. The van der Waals surface area contributed by atoms with Crippen LogP contribution in [0, 0.1) is 0 Å². The van der Waals surface area contributed by atoms with Gasteiger partial charge in [-0.1, -0.05) is 0 Å². The lowest BCUT2D eigenvalue weighted by Crippen LogP contribution is -2.33. The first-order valence-electron chi connectivity index (χ1n) is 6.02. The van der Waals surface area contributed by atoms with E-state index in [0.29, 0.717) is 39.1 Å². The minimum atomic E-state index is 0.0683. The largest absolute Gasteiger partial charge is 0.394 e. The summed E-state index contributed by atoms with van der Waals surface area (Å²) in [6.45, 7) is 4.94. The number of nitrogens with one attached hydrogen (secondary N) is 1. The Bertz CT molecular complexity index is 151. The van der Waals surface area contributed by atoms with Gasteiger partial charge in [0.05, 0.1) is 45.7 Å². The number of ether oxygens (including phenoxy) is 3. The summed E-state index contributed by atoms with van der Waals surface area (Å²) in [6.07, 6.45) is 2.59. The summed E-state index contributed by atoms with van der Waals surface area (Å²) in [5.74, 6) is 0. The Morgan fingerprint density at radius 1 is 0.938 bits per heavy atom. The van der Waals surface area contributed by atoms with Crippen LogP contribution in [0.25, 0.3) is 0 Å². The quantitative estimate of drug-likeness (QED) is 0.539. The van der Waals surface area contributed by atoms with Crippen LogP contribution in [0.5, 0.6) is 0 Å². The summed E-state index contributed by atoms with van der Waals surface area (Å²) in [6, 6.07) is 0. The second-order valence-corrected chi connectivity index (χ2v) is 3.77. The van der Waals surface area contributed by atoms with Gasteiger partial charge in [-0.25, -0.2) is 0 Å². The average Bonchev–Trinajstić information content (AvgIpc) is 2.34. The summed E-state index contributed by atoms with van der Waals surface area (Å²) in [7, 11) is 0. The fourth-order valence-corrected chi connectivity index (χ4v) is 1.62. The molecule has 1 saturated heterocycles. The van der Waals surface area contributed by atoms with Gasteiger partial charge in [-0.15, -0.1) is 0 Å². The van der Waals surface area contributed by atoms with Crippen molar-refractivity contribution in [3.63, 3.8) is 0 Å². The highest BCUT2D eigenvalue weighted by molar-refractivity contribution is 4.67. The minimum Gasteiger partial charge on any atom is -0.394 e. The van der Waals surface area contributed by atoms with E-state index in [4.69, 9.17) is 19.3 Å². The average molecular weight is 233 g/mol. The van der Waals surface area contributed by atoms with Gasteiger partial charge in [0.25, 0.3) is 0 Å². The summed E-state index contributed by atoms with van der Waals surface area (Å²) < 4.78 is 16.0. The molecule has 0 aromatic rings. The molecule has 0 atom stereocenters. The van der Waals surface area contributed by atoms with Crippen LogP contribution in [-0.4, -0.2) is 63.9 Å². The monoisotopic (exact) mass is 233 g/mol. The van der Waals surface area contributed by atoms with Gasteiger partial charge in [0, 0.05) is 0 Å². The lowest BCUT2D eigenvalue weighted by atomic mass is 10.1. The Hall–Kier alpha value is -0.200. The zero-order chi connectivity index (χ0) is 11.5. The van der Waals surface area contributed by atoms with Crippen LogP contribution in [-0.2, 0) is 14.2 Å². The molecule has 0 saturated carbocycles. The van der Waals surface area contributed by atoms with E-state index in [-0.39, 0.29) is 6.61 Å². The van der Waals surface area contributed by atoms with Crippen LogP contribution in [0.2, 0.25) is 0 Å². The Balaban J connectivity index is 1.77. The van der Waals surface area contributed by atoms with E-state index in [1.54, 1.807) is 0 Å². The van der Waals surface area contributed by atoms with Crippen LogP contribution in [0.15, 0.2) is 0 Å². The van der Waals surface area contributed by atoms with Gasteiger partial charge in [0.2, 0.25) is 0 Å². The van der Waals surface area contributed by atoms with E-state index in [9.17, 15) is 0 Å². The van der Waals surface area contributed by atoms with Crippen molar-refractivity contribution in [1.82, 2.24) is 5.32 Å². The first-order valence-corrected chi connectivity index (χ1v) is 6.02. The second-order valence-electron chi connectivity index (χ2n) is 3.77. The third-order valence-electron chi connectivity index (χ3n) is 2.48.